The summed E-state index contributed by atoms with van der Waals surface area (Å²) < 4.78 is 12.6. The molecule has 0 saturated carbocycles. The number of ether oxygens (including phenoxy) is 2. The van der Waals surface area contributed by atoms with Gasteiger partial charge in [0.15, 0.2) is 0 Å². The summed E-state index contributed by atoms with van der Waals surface area (Å²) in [6, 6.07) is 8.07. The average molecular weight is 275 g/mol. The third kappa shape index (κ3) is 3.74. The summed E-state index contributed by atoms with van der Waals surface area (Å²) in [5.74, 6) is 1.73. The van der Waals surface area contributed by atoms with Crippen molar-refractivity contribution < 1.29 is 9.47 Å². The number of aryl methyl sites for hydroxylation is 1. The van der Waals surface area contributed by atoms with Crippen molar-refractivity contribution in [1.29, 1.82) is 0 Å². The lowest BCUT2D eigenvalue weighted by Crippen LogP contribution is -2.03. The lowest BCUT2D eigenvalue weighted by atomic mass is 10.1. The summed E-state index contributed by atoms with van der Waals surface area (Å²) in [6.07, 6.45) is 1.91. The molecule has 5 heteroatoms. The summed E-state index contributed by atoms with van der Waals surface area (Å²) in [5, 5.41) is 7.58. The van der Waals surface area contributed by atoms with Crippen LogP contribution in [-0.4, -0.2) is 23.5 Å². The van der Waals surface area contributed by atoms with Crippen molar-refractivity contribution in [3.05, 3.63) is 41.6 Å². The quantitative estimate of drug-likeness (QED) is 0.843. The van der Waals surface area contributed by atoms with Crippen LogP contribution in [0.4, 0.5) is 5.82 Å². The first-order valence-electron chi connectivity index (χ1n) is 6.70. The summed E-state index contributed by atoms with van der Waals surface area (Å²) in [5.41, 5.74) is 2.24. The van der Waals surface area contributed by atoms with Crippen molar-refractivity contribution in [3.8, 4) is 5.75 Å². The van der Waals surface area contributed by atoms with Gasteiger partial charge in [0.1, 0.15) is 11.6 Å². The minimum absolute atomic E-state index is 0.567. The van der Waals surface area contributed by atoms with E-state index < -0.39 is 0 Å². The number of hydrogen-bond donors (Lipinski definition) is 1. The van der Waals surface area contributed by atoms with Crippen molar-refractivity contribution in [2.45, 2.75) is 20.1 Å². The summed E-state index contributed by atoms with van der Waals surface area (Å²) in [4.78, 5) is 0. The van der Waals surface area contributed by atoms with Crippen molar-refractivity contribution in [3.63, 3.8) is 0 Å². The fourth-order valence-electron chi connectivity index (χ4n) is 1.97. The van der Waals surface area contributed by atoms with Crippen LogP contribution >= 0.6 is 0 Å². The lowest BCUT2D eigenvalue weighted by Gasteiger charge is -2.11. The van der Waals surface area contributed by atoms with E-state index in [-0.39, 0.29) is 0 Å². The molecule has 0 spiro atoms. The number of anilines is 1. The highest BCUT2D eigenvalue weighted by atomic mass is 16.5. The smallest absolute Gasteiger partial charge is 0.148 e. The average Bonchev–Trinajstić information content (AvgIpc) is 2.88. The Kier molecular flexibility index (Phi) is 5.01. The molecule has 1 N–H and O–H groups in total. The number of nitrogens with one attached hydrogen (secondary N) is 1. The number of methoxy groups -OCH3 is 1. The Bertz CT molecular complexity index is 552. The molecule has 0 aliphatic carbocycles. The Balaban J connectivity index is 2.03. The molecule has 5 nitrogen and oxygen atoms in total. The van der Waals surface area contributed by atoms with Gasteiger partial charge in [-0.25, -0.2) is 0 Å². The fourth-order valence-corrected chi connectivity index (χ4v) is 1.97. The zero-order valence-electron chi connectivity index (χ0n) is 12.2. The number of benzene rings is 1. The zero-order valence-corrected chi connectivity index (χ0v) is 12.2. The van der Waals surface area contributed by atoms with E-state index in [4.69, 9.17) is 9.47 Å². The van der Waals surface area contributed by atoms with Crippen LogP contribution in [0, 0.1) is 0 Å². The molecule has 0 radical (unpaired) electrons. The first-order chi connectivity index (χ1) is 9.72. The van der Waals surface area contributed by atoms with Gasteiger partial charge >= 0.3 is 0 Å². The second-order valence-electron chi connectivity index (χ2n) is 4.51. The largest absolute Gasteiger partial charge is 0.496 e. The molecule has 0 fully saturated rings. The number of aromatic nitrogens is 2. The molecule has 0 amide bonds. The molecular formula is C15H21N3O2. The Hall–Kier alpha value is -2.01. The predicted molar refractivity (Wildman–Crippen MR) is 78.9 cm³/mol. The first kappa shape index (κ1) is 14.4. The van der Waals surface area contributed by atoms with Gasteiger partial charge in [-0.1, -0.05) is 6.07 Å². The number of nitrogens with zero attached hydrogens (tertiary/aromatic N) is 2. The Morgan fingerprint density at radius 1 is 1.30 bits per heavy atom. The van der Waals surface area contributed by atoms with Gasteiger partial charge in [0.05, 0.1) is 13.7 Å². The maximum absolute atomic E-state index is 5.47. The van der Waals surface area contributed by atoms with Gasteiger partial charge in [0.25, 0.3) is 0 Å². The van der Waals surface area contributed by atoms with Gasteiger partial charge in [-0.3, -0.25) is 4.68 Å². The van der Waals surface area contributed by atoms with Crippen LogP contribution in [0.15, 0.2) is 30.5 Å². The maximum Gasteiger partial charge on any atom is 0.148 e. The third-order valence-electron chi connectivity index (χ3n) is 2.99. The van der Waals surface area contributed by atoms with Crippen LogP contribution in [0.25, 0.3) is 0 Å². The van der Waals surface area contributed by atoms with Gasteiger partial charge in [0.2, 0.25) is 0 Å². The molecule has 1 aromatic heterocycles. The normalized spacial score (nSPS) is 10.6. The van der Waals surface area contributed by atoms with Gasteiger partial charge in [-0.15, -0.1) is 0 Å². The second kappa shape index (κ2) is 6.96. The van der Waals surface area contributed by atoms with E-state index in [9.17, 15) is 0 Å². The monoisotopic (exact) mass is 275 g/mol. The fraction of sp³-hybridized carbons (Fsp3) is 0.400. The van der Waals surface area contributed by atoms with E-state index in [1.54, 1.807) is 11.8 Å². The van der Waals surface area contributed by atoms with Crippen LogP contribution in [0.3, 0.4) is 0 Å². The van der Waals surface area contributed by atoms with Crippen molar-refractivity contribution in [2.24, 2.45) is 7.05 Å². The standard InChI is InChI=1S/C15H21N3O2/c1-4-20-11-13-9-12(5-6-14(13)19-3)10-16-15-7-8-18(2)17-15/h5-9H,4,10-11H2,1-3H3,(H,16,17). The minimum atomic E-state index is 0.567. The van der Waals surface area contributed by atoms with E-state index in [1.165, 1.54) is 5.56 Å². The Labute approximate surface area is 119 Å². The number of hydrogen-bond acceptors (Lipinski definition) is 4. The highest BCUT2D eigenvalue weighted by molar-refractivity contribution is 5.39. The van der Waals surface area contributed by atoms with E-state index in [1.807, 2.05) is 38.4 Å². The Morgan fingerprint density at radius 2 is 2.15 bits per heavy atom. The second-order valence-corrected chi connectivity index (χ2v) is 4.51. The minimum Gasteiger partial charge on any atom is -0.496 e. The molecule has 0 bridgehead atoms. The van der Waals surface area contributed by atoms with Gasteiger partial charge in [-0.05, 0) is 24.6 Å². The molecule has 0 aliphatic heterocycles. The van der Waals surface area contributed by atoms with Crippen LogP contribution in [-0.2, 0) is 24.9 Å². The van der Waals surface area contributed by atoms with Crippen molar-refractivity contribution >= 4 is 5.82 Å². The van der Waals surface area contributed by atoms with Crippen LogP contribution in [0.5, 0.6) is 5.75 Å². The summed E-state index contributed by atoms with van der Waals surface area (Å²) in [6.45, 7) is 3.97. The number of rotatable bonds is 7. The molecule has 1 aromatic carbocycles. The predicted octanol–water partition coefficient (Wildman–Crippen LogP) is 2.58. The molecule has 0 saturated heterocycles. The lowest BCUT2D eigenvalue weighted by molar-refractivity contribution is 0.132. The van der Waals surface area contributed by atoms with Gasteiger partial charge in [-0.2, -0.15) is 5.10 Å². The molecule has 20 heavy (non-hydrogen) atoms. The molecule has 0 aliphatic rings. The van der Waals surface area contributed by atoms with Crippen LogP contribution in [0.1, 0.15) is 18.1 Å². The van der Waals surface area contributed by atoms with E-state index in [2.05, 4.69) is 16.5 Å². The molecule has 2 rings (SSSR count). The summed E-state index contributed by atoms with van der Waals surface area (Å²) >= 11 is 0. The zero-order chi connectivity index (χ0) is 14.4. The van der Waals surface area contributed by atoms with E-state index >= 15 is 0 Å². The van der Waals surface area contributed by atoms with Gasteiger partial charge < -0.3 is 14.8 Å². The molecule has 0 atom stereocenters. The van der Waals surface area contributed by atoms with Crippen molar-refractivity contribution in [2.75, 3.05) is 19.0 Å². The van der Waals surface area contributed by atoms with Crippen molar-refractivity contribution in [1.82, 2.24) is 9.78 Å². The highest BCUT2D eigenvalue weighted by Gasteiger charge is 2.05. The molecule has 108 valence electrons. The maximum atomic E-state index is 5.47. The highest BCUT2D eigenvalue weighted by Crippen LogP contribution is 2.21. The van der Waals surface area contributed by atoms with Crippen LogP contribution in [0.2, 0.25) is 0 Å². The van der Waals surface area contributed by atoms with Crippen LogP contribution < -0.4 is 10.1 Å². The Morgan fingerprint density at radius 3 is 2.80 bits per heavy atom. The summed E-state index contributed by atoms with van der Waals surface area (Å²) in [7, 11) is 3.58. The first-order valence-corrected chi connectivity index (χ1v) is 6.70. The topological polar surface area (TPSA) is 48.3 Å². The molecule has 1 heterocycles. The SMILES string of the molecule is CCOCc1cc(CNc2ccn(C)n2)ccc1OC. The molecular weight excluding hydrogens is 254 g/mol. The molecule has 2 aromatic rings. The third-order valence-corrected chi connectivity index (χ3v) is 2.99. The molecule has 0 unspecified atom stereocenters. The van der Waals surface area contributed by atoms with E-state index in [0.717, 1.165) is 23.7 Å². The van der Waals surface area contributed by atoms with Gasteiger partial charge in [0, 0.05) is 38.0 Å². The van der Waals surface area contributed by atoms with E-state index in [0.29, 0.717) is 13.2 Å².